The largest absolute Gasteiger partial charge is 0.342 e. The normalized spacial score (nSPS) is 26.0. The molecule has 3 saturated heterocycles. The molecule has 5 nitrogen and oxygen atoms in total. The summed E-state index contributed by atoms with van der Waals surface area (Å²) in [4.78, 5) is 24.7. The van der Waals surface area contributed by atoms with Gasteiger partial charge in [0.15, 0.2) is 0 Å². The van der Waals surface area contributed by atoms with Crippen molar-refractivity contribution in [2.75, 3.05) is 39.3 Å². The van der Waals surface area contributed by atoms with Gasteiger partial charge in [-0.15, -0.1) is 0 Å². The fourth-order valence-electron chi connectivity index (χ4n) is 5.55. The van der Waals surface area contributed by atoms with E-state index in [-0.39, 0.29) is 5.92 Å². The lowest BCUT2D eigenvalue weighted by Gasteiger charge is -2.43. The smallest absolute Gasteiger partial charge is 0.226 e. The molecule has 5 heteroatoms. The number of hydrogen-bond donors (Lipinski definition) is 0. The highest BCUT2D eigenvalue weighted by molar-refractivity contribution is 5.79. The molecule has 160 valence electrons. The summed E-state index contributed by atoms with van der Waals surface area (Å²) in [5.74, 6) is 1.51. The Kier molecular flexibility index (Phi) is 7.20. The first-order valence-corrected chi connectivity index (χ1v) is 11.9. The topological polar surface area (TPSA) is 39.7 Å². The molecule has 3 aliphatic rings. The zero-order valence-electron chi connectivity index (χ0n) is 18.1. The molecule has 1 aromatic heterocycles. The van der Waals surface area contributed by atoms with Crippen LogP contribution in [0.25, 0.3) is 0 Å². The van der Waals surface area contributed by atoms with Crippen molar-refractivity contribution >= 4 is 5.91 Å². The van der Waals surface area contributed by atoms with E-state index in [1.807, 2.05) is 18.5 Å². The van der Waals surface area contributed by atoms with Gasteiger partial charge in [-0.25, -0.2) is 0 Å². The molecule has 1 atom stereocenters. The van der Waals surface area contributed by atoms with Crippen molar-refractivity contribution in [3.63, 3.8) is 0 Å². The number of nitrogens with zero attached hydrogens (tertiary/aromatic N) is 4. The van der Waals surface area contributed by atoms with Crippen molar-refractivity contribution < 1.29 is 4.79 Å². The summed E-state index contributed by atoms with van der Waals surface area (Å²) in [5.41, 5.74) is 1.31. The molecule has 0 aromatic carbocycles. The molecule has 0 saturated carbocycles. The van der Waals surface area contributed by atoms with Crippen molar-refractivity contribution in [2.45, 2.75) is 64.5 Å². The predicted molar refractivity (Wildman–Crippen MR) is 116 cm³/mol. The number of carbonyl (C=O) groups excluding carboxylic acids is 1. The average molecular weight is 399 g/mol. The van der Waals surface area contributed by atoms with Crippen LogP contribution in [0.1, 0.15) is 57.4 Å². The third kappa shape index (κ3) is 5.37. The Hall–Kier alpha value is -1.46. The minimum Gasteiger partial charge on any atom is -0.342 e. The van der Waals surface area contributed by atoms with Crippen molar-refractivity contribution in [3.8, 4) is 0 Å². The molecule has 29 heavy (non-hydrogen) atoms. The Balaban J connectivity index is 1.24. The van der Waals surface area contributed by atoms with E-state index < -0.39 is 0 Å². The van der Waals surface area contributed by atoms with Crippen molar-refractivity contribution in [2.24, 2.45) is 11.8 Å². The molecule has 0 N–H and O–H groups in total. The van der Waals surface area contributed by atoms with Gasteiger partial charge in [-0.1, -0.05) is 19.4 Å². The molecule has 1 aromatic rings. The fourth-order valence-corrected chi connectivity index (χ4v) is 5.55. The van der Waals surface area contributed by atoms with Gasteiger partial charge in [-0.05, 0) is 75.7 Å². The highest BCUT2D eigenvalue weighted by atomic mass is 16.2. The molecule has 0 spiro atoms. The second kappa shape index (κ2) is 10.0. The van der Waals surface area contributed by atoms with Gasteiger partial charge in [0.2, 0.25) is 5.91 Å². The van der Waals surface area contributed by atoms with Crippen LogP contribution in [0.3, 0.4) is 0 Å². The predicted octanol–water partition coefficient (Wildman–Crippen LogP) is 3.41. The number of piperidine rings is 3. The summed E-state index contributed by atoms with van der Waals surface area (Å²) >= 11 is 0. The Morgan fingerprint density at radius 2 is 1.86 bits per heavy atom. The van der Waals surface area contributed by atoms with Crippen molar-refractivity contribution in [3.05, 3.63) is 30.1 Å². The van der Waals surface area contributed by atoms with E-state index in [9.17, 15) is 4.79 Å². The quantitative estimate of drug-likeness (QED) is 0.762. The Morgan fingerprint density at radius 1 is 1.07 bits per heavy atom. The van der Waals surface area contributed by atoms with Crippen LogP contribution < -0.4 is 0 Å². The van der Waals surface area contributed by atoms with Gasteiger partial charge in [0.05, 0.1) is 5.92 Å². The second-order valence-corrected chi connectivity index (χ2v) is 9.38. The highest BCUT2D eigenvalue weighted by Crippen LogP contribution is 2.27. The monoisotopic (exact) mass is 398 g/mol. The van der Waals surface area contributed by atoms with Gasteiger partial charge in [0.25, 0.3) is 0 Å². The molecule has 0 aliphatic carbocycles. The lowest BCUT2D eigenvalue weighted by molar-refractivity contribution is -0.139. The zero-order valence-corrected chi connectivity index (χ0v) is 18.1. The summed E-state index contributed by atoms with van der Waals surface area (Å²) in [6.07, 6.45) is 12.2. The van der Waals surface area contributed by atoms with Crippen LogP contribution in [0.5, 0.6) is 0 Å². The maximum Gasteiger partial charge on any atom is 0.226 e. The fraction of sp³-hybridized carbons (Fsp3) is 0.750. The molecule has 1 unspecified atom stereocenters. The molecule has 0 radical (unpaired) electrons. The molecule has 4 rings (SSSR count). The SMILES string of the molecule is CCC1CCN(C(=O)C2CCCN(C3CCN(Cc4cccnc4)CC3)C2)CC1. The van der Waals surface area contributed by atoms with E-state index in [1.165, 1.54) is 50.6 Å². The van der Waals surface area contributed by atoms with Crippen LogP contribution in [-0.2, 0) is 11.3 Å². The van der Waals surface area contributed by atoms with Crippen molar-refractivity contribution in [1.29, 1.82) is 0 Å². The number of pyridine rings is 1. The summed E-state index contributed by atoms with van der Waals surface area (Å²) in [6, 6.07) is 4.85. The minimum atomic E-state index is 0.232. The van der Waals surface area contributed by atoms with E-state index in [1.54, 1.807) is 0 Å². The molecule has 1 amide bonds. The number of likely N-dealkylation sites (tertiary alicyclic amines) is 3. The molecular formula is C24H38N4O. The average Bonchev–Trinajstić information content (AvgIpc) is 2.80. The van der Waals surface area contributed by atoms with Gasteiger partial charge in [0, 0.05) is 44.6 Å². The Morgan fingerprint density at radius 3 is 2.55 bits per heavy atom. The van der Waals surface area contributed by atoms with Crippen molar-refractivity contribution in [1.82, 2.24) is 19.7 Å². The Bertz CT molecular complexity index is 636. The van der Waals surface area contributed by atoms with Gasteiger partial charge < -0.3 is 4.90 Å². The second-order valence-electron chi connectivity index (χ2n) is 9.38. The lowest BCUT2D eigenvalue weighted by Crippen LogP contribution is -2.52. The minimum absolute atomic E-state index is 0.232. The van der Waals surface area contributed by atoms with Crippen LogP contribution in [0.15, 0.2) is 24.5 Å². The van der Waals surface area contributed by atoms with E-state index in [4.69, 9.17) is 0 Å². The van der Waals surface area contributed by atoms with Crippen LogP contribution in [0.4, 0.5) is 0 Å². The summed E-state index contributed by atoms with van der Waals surface area (Å²) < 4.78 is 0. The zero-order chi connectivity index (χ0) is 20.1. The third-order valence-corrected chi connectivity index (χ3v) is 7.51. The van der Waals surface area contributed by atoms with Crippen LogP contribution in [0, 0.1) is 11.8 Å². The van der Waals surface area contributed by atoms with E-state index in [2.05, 4.69) is 32.7 Å². The Labute approximate surface area is 176 Å². The highest BCUT2D eigenvalue weighted by Gasteiger charge is 2.34. The third-order valence-electron chi connectivity index (χ3n) is 7.51. The maximum atomic E-state index is 13.1. The number of aromatic nitrogens is 1. The number of rotatable bonds is 5. The number of hydrogen-bond acceptors (Lipinski definition) is 4. The van der Waals surface area contributed by atoms with Gasteiger partial charge in [-0.2, -0.15) is 0 Å². The molecule has 3 fully saturated rings. The first-order chi connectivity index (χ1) is 14.2. The van der Waals surface area contributed by atoms with Gasteiger partial charge in [-0.3, -0.25) is 19.6 Å². The summed E-state index contributed by atoms with van der Waals surface area (Å²) in [5, 5.41) is 0. The standard InChI is InChI=1S/C24H38N4O/c1-2-20-7-15-27(16-8-20)24(29)22-6-4-12-28(19-22)23-9-13-26(14-10-23)18-21-5-3-11-25-17-21/h3,5,11,17,20,22-23H,2,4,6-10,12-16,18-19H2,1H3. The van der Waals surface area contributed by atoms with Crippen LogP contribution >= 0.6 is 0 Å². The molecule has 4 heterocycles. The van der Waals surface area contributed by atoms with E-state index in [0.717, 1.165) is 51.6 Å². The van der Waals surface area contributed by atoms with Gasteiger partial charge >= 0.3 is 0 Å². The molecule has 0 bridgehead atoms. The summed E-state index contributed by atoms with van der Waals surface area (Å²) in [6.45, 7) is 9.73. The molecular weight excluding hydrogens is 360 g/mol. The first kappa shape index (κ1) is 20.8. The molecule has 3 aliphatic heterocycles. The maximum absolute atomic E-state index is 13.1. The summed E-state index contributed by atoms with van der Waals surface area (Å²) in [7, 11) is 0. The van der Waals surface area contributed by atoms with Crippen LogP contribution in [-0.4, -0.2) is 70.9 Å². The van der Waals surface area contributed by atoms with E-state index in [0.29, 0.717) is 11.9 Å². The number of amides is 1. The first-order valence-electron chi connectivity index (χ1n) is 11.9. The number of carbonyl (C=O) groups is 1. The lowest BCUT2D eigenvalue weighted by atomic mass is 9.90. The van der Waals surface area contributed by atoms with E-state index >= 15 is 0 Å². The van der Waals surface area contributed by atoms with Gasteiger partial charge in [0.1, 0.15) is 0 Å². The van der Waals surface area contributed by atoms with Crippen LogP contribution in [0.2, 0.25) is 0 Å².